The van der Waals surface area contributed by atoms with Crippen molar-refractivity contribution in [1.82, 2.24) is 5.32 Å². The molecule has 1 heterocycles. The normalized spacial score (nSPS) is 30.4. The molecule has 1 aliphatic heterocycles. The molecule has 0 amide bonds. The molecule has 0 aromatic carbocycles. The zero-order valence-corrected chi connectivity index (χ0v) is 11.0. The number of nitrogens with one attached hydrogen (secondary N) is 1. The molecule has 1 saturated carbocycles. The minimum atomic E-state index is -0.228. The maximum atomic E-state index is 12.2. The van der Waals surface area contributed by atoms with Crippen molar-refractivity contribution in [1.29, 1.82) is 0 Å². The Labute approximate surface area is 104 Å². The molecule has 2 fully saturated rings. The van der Waals surface area contributed by atoms with Crippen molar-refractivity contribution in [2.45, 2.75) is 51.9 Å². The minimum Gasteiger partial charge on any atom is -0.465 e. The number of carbonyl (C=O) groups excluding carboxylic acids is 1. The molecule has 0 spiro atoms. The Balaban J connectivity index is 1.79. The molecule has 0 aromatic rings. The Kier molecular flexibility index (Phi) is 4.43. The molecule has 17 heavy (non-hydrogen) atoms. The van der Waals surface area contributed by atoms with Crippen molar-refractivity contribution in [2.24, 2.45) is 11.3 Å². The van der Waals surface area contributed by atoms with Crippen molar-refractivity contribution >= 4 is 5.97 Å². The van der Waals surface area contributed by atoms with E-state index in [2.05, 4.69) is 12.2 Å². The molecule has 3 nitrogen and oxygen atoms in total. The highest BCUT2D eigenvalue weighted by Crippen LogP contribution is 2.32. The van der Waals surface area contributed by atoms with E-state index in [0.717, 1.165) is 25.9 Å². The van der Waals surface area contributed by atoms with Crippen LogP contribution >= 0.6 is 0 Å². The van der Waals surface area contributed by atoms with Crippen LogP contribution in [0.1, 0.15) is 51.9 Å². The third-order valence-electron chi connectivity index (χ3n) is 4.53. The number of hydrogen-bond donors (Lipinski definition) is 1. The summed E-state index contributed by atoms with van der Waals surface area (Å²) in [5.41, 5.74) is -0.228. The molecule has 0 radical (unpaired) electrons. The molecule has 0 aromatic heterocycles. The van der Waals surface area contributed by atoms with Gasteiger partial charge in [-0.3, -0.25) is 4.79 Å². The van der Waals surface area contributed by atoms with Gasteiger partial charge >= 0.3 is 5.97 Å². The molecule has 98 valence electrons. The maximum absolute atomic E-state index is 12.2. The van der Waals surface area contributed by atoms with Gasteiger partial charge in [0, 0.05) is 6.54 Å². The highest BCUT2D eigenvalue weighted by molar-refractivity contribution is 5.77. The Morgan fingerprint density at radius 2 is 2.12 bits per heavy atom. The van der Waals surface area contributed by atoms with Crippen molar-refractivity contribution in [3.8, 4) is 0 Å². The molecule has 0 bridgehead atoms. The first-order chi connectivity index (χ1) is 8.27. The van der Waals surface area contributed by atoms with E-state index < -0.39 is 0 Å². The van der Waals surface area contributed by atoms with Gasteiger partial charge in [0.05, 0.1) is 12.0 Å². The van der Waals surface area contributed by atoms with E-state index in [4.69, 9.17) is 4.74 Å². The van der Waals surface area contributed by atoms with Crippen LogP contribution in [0, 0.1) is 11.3 Å². The zero-order chi connectivity index (χ0) is 12.1. The molecule has 1 atom stereocenters. The second-order valence-corrected chi connectivity index (χ2v) is 5.66. The minimum absolute atomic E-state index is 0.0376. The van der Waals surface area contributed by atoms with Gasteiger partial charge in [-0.2, -0.15) is 0 Å². The van der Waals surface area contributed by atoms with Gasteiger partial charge in [-0.05, 0) is 38.1 Å². The molecule has 3 heteroatoms. The Bertz CT molecular complexity index is 253. The number of rotatable bonds is 4. The maximum Gasteiger partial charge on any atom is 0.313 e. The van der Waals surface area contributed by atoms with Crippen LogP contribution < -0.4 is 5.32 Å². The fourth-order valence-electron chi connectivity index (χ4n) is 3.06. The summed E-state index contributed by atoms with van der Waals surface area (Å²) in [5.74, 6) is 0.659. The summed E-state index contributed by atoms with van der Waals surface area (Å²) < 4.78 is 5.58. The molecular weight excluding hydrogens is 214 g/mol. The van der Waals surface area contributed by atoms with E-state index in [-0.39, 0.29) is 11.4 Å². The van der Waals surface area contributed by atoms with Crippen LogP contribution in [-0.4, -0.2) is 25.7 Å². The van der Waals surface area contributed by atoms with Crippen LogP contribution in [0.4, 0.5) is 0 Å². The summed E-state index contributed by atoms with van der Waals surface area (Å²) in [6, 6.07) is 0. The van der Waals surface area contributed by atoms with Gasteiger partial charge in [-0.1, -0.05) is 26.2 Å². The third kappa shape index (κ3) is 3.01. The molecule has 1 aliphatic carbocycles. The Hall–Kier alpha value is -0.570. The SMILES string of the molecule is CCC1(C(=O)OCC2CCCCC2)CCNC1. The van der Waals surface area contributed by atoms with Crippen LogP contribution in [0.25, 0.3) is 0 Å². The largest absolute Gasteiger partial charge is 0.465 e. The van der Waals surface area contributed by atoms with Gasteiger partial charge < -0.3 is 10.1 Å². The van der Waals surface area contributed by atoms with E-state index in [1.54, 1.807) is 0 Å². The predicted molar refractivity (Wildman–Crippen MR) is 67.7 cm³/mol. The van der Waals surface area contributed by atoms with Gasteiger partial charge in [-0.15, -0.1) is 0 Å². The number of ether oxygens (including phenoxy) is 1. The van der Waals surface area contributed by atoms with Crippen molar-refractivity contribution < 1.29 is 9.53 Å². The fourth-order valence-corrected chi connectivity index (χ4v) is 3.06. The molecule has 2 aliphatic rings. The first-order valence-corrected chi connectivity index (χ1v) is 7.15. The topological polar surface area (TPSA) is 38.3 Å². The lowest BCUT2D eigenvalue weighted by molar-refractivity contribution is -0.156. The summed E-state index contributed by atoms with van der Waals surface area (Å²) in [6.07, 6.45) is 8.28. The lowest BCUT2D eigenvalue weighted by atomic mass is 9.84. The molecular formula is C14H25NO2. The van der Waals surface area contributed by atoms with E-state index >= 15 is 0 Å². The summed E-state index contributed by atoms with van der Waals surface area (Å²) in [5, 5.41) is 3.28. The smallest absolute Gasteiger partial charge is 0.313 e. The summed E-state index contributed by atoms with van der Waals surface area (Å²) in [6.45, 7) is 4.49. The third-order valence-corrected chi connectivity index (χ3v) is 4.53. The highest BCUT2D eigenvalue weighted by atomic mass is 16.5. The van der Waals surface area contributed by atoms with Crippen molar-refractivity contribution in [3.63, 3.8) is 0 Å². The van der Waals surface area contributed by atoms with E-state index in [1.165, 1.54) is 32.1 Å². The summed E-state index contributed by atoms with van der Waals surface area (Å²) in [4.78, 5) is 12.2. The average Bonchev–Trinajstić information content (AvgIpc) is 2.87. The zero-order valence-electron chi connectivity index (χ0n) is 11.0. The van der Waals surface area contributed by atoms with Crippen LogP contribution in [0.3, 0.4) is 0 Å². The van der Waals surface area contributed by atoms with Crippen molar-refractivity contribution in [3.05, 3.63) is 0 Å². The second-order valence-electron chi connectivity index (χ2n) is 5.66. The van der Waals surface area contributed by atoms with Crippen LogP contribution in [0.15, 0.2) is 0 Å². The Morgan fingerprint density at radius 3 is 2.71 bits per heavy atom. The summed E-state index contributed by atoms with van der Waals surface area (Å²) >= 11 is 0. The van der Waals surface area contributed by atoms with E-state index in [1.807, 2.05) is 0 Å². The molecule has 1 saturated heterocycles. The number of carbonyl (C=O) groups is 1. The molecule has 1 unspecified atom stereocenters. The number of hydrogen-bond acceptors (Lipinski definition) is 3. The second kappa shape index (κ2) is 5.85. The summed E-state index contributed by atoms with van der Waals surface area (Å²) in [7, 11) is 0. The first kappa shape index (κ1) is 12.9. The van der Waals surface area contributed by atoms with Gasteiger partial charge in [0.25, 0.3) is 0 Å². The van der Waals surface area contributed by atoms with Crippen LogP contribution in [0.5, 0.6) is 0 Å². The van der Waals surface area contributed by atoms with Crippen LogP contribution in [-0.2, 0) is 9.53 Å². The number of esters is 1. The van der Waals surface area contributed by atoms with E-state index in [0.29, 0.717) is 12.5 Å². The standard InChI is InChI=1S/C14H25NO2/c1-2-14(8-9-15-11-14)13(16)17-10-12-6-4-3-5-7-12/h12,15H,2-11H2,1H3. The predicted octanol–water partition coefficient (Wildman–Crippen LogP) is 2.50. The Morgan fingerprint density at radius 1 is 1.35 bits per heavy atom. The lowest BCUT2D eigenvalue weighted by Crippen LogP contribution is -2.35. The fraction of sp³-hybridized carbons (Fsp3) is 0.929. The quantitative estimate of drug-likeness (QED) is 0.766. The van der Waals surface area contributed by atoms with Gasteiger partial charge in [0.2, 0.25) is 0 Å². The lowest BCUT2D eigenvalue weighted by Gasteiger charge is -2.27. The average molecular weight is 239 g/mol. The van der Waals surface area contributed by atoms with Crippen molar-refractivity contribution in [2.75, 3.05) is 19.7 Å². The highest BCUT2D eigenvalue weighted by Gasteiger charge is 2.41. The van der Waals surface area contributed by atoms with Gasteiger partial charge in [0.1, 0.15) is 0 Å². The molecule has 2 rings (SSSR count). The van der Waals surface area contributed by atoms with Gasteiger partial charge in [0.15, 0.2) is 0 Å². The molecule has 1 N–H and O–H groups in total. The van der Waals surface area contributed by atoms with E-state index in [9.17, 15) is 4.79 Å². The van der Waals surface area contributed by atoms with Crippen LogP contribution in [0.2, 0.25) is 0 Å². The first-order valence-electron chi connectivity index (χ1n) is 7.15. The monoisotopic (exact) mass is 239 g/mol. The van der Waals surface area contributed by atoms with Gasteiger partial charge in [-0.25, -0.2) is 0 Å².